The van der Waals surface area contributed by atoms with Crippen LogP contribution >= 0.6 is 0 Å². The summed E-state index contributed by atoms with van der Waals surface area (Å²) in [4.78, 5) is 22.8. The summed E-state index contributed by atoms with van der Waals surface area (Å²) in [6.07, 6.45) is 0.867. The minimum Gasteiger partial charge on any atom is -0.383 e. The topological polar surface area (TPSA) is 84.3 Å². The lowest BCUT2D eigenvalue weighted by Crippen LogP contribution is -2.12. The van der Waals surface area contributed by atoms with Crippen LogP contribution in [0, 0.1) is 10.1 Å². The second-order valence-electron chi connectivity index (χ2n) is 4.75. The van der Waals surface area contributed by atoms with E-state index in [1.807, 2.05) is 25.1 Å². The van der Waals surface area contributed by atoms with Crippen molar-refractivity contribution in [3.8, 4) is 0 Å². The highest BCUT2D eigenvalue weighted by Crippen LogP contribution is 2.25. The van der Waals surface area contributed by atoms with Gasteiger partial charge in [0.15, 0.2) is 0 Å². The molecule has 22 heavy (non-hydrogen) atoms. The van der Waals surface area contributed by atoms with Gasteiger partial charge in [0.25, 0.3) is 11.6 Å². The van der Waals surface area contributed by atoms with Crippen LogP contribution in [0.15, 0.2) is 42.5 Å². The van der Waals surface area contributed by atoms with Gasteiger partial charge in [0.1, 0.15) is 5.69 Å². The molecule has 0 atom stereocenters. The van der Waals surface area contributed by atoms with E-state index in [-0.39, 0.29) is 17.2 Å². The average molecular weight is 299 g/mol. The summed E-state index contributed by atoms with van der Waals surface area (Å²) in [6.45, 7) is 2.03. The molecule has 0 saturated heterocycles. The first-order chi connectivity index (χ1) is 10.5. The van der Waals surface area contributed by atoms with Crippen molar-refractivity contribution in [2.24, 2.45) is 0 Å². The zero-order chi connectivity index (χ0) is 16.1. The molecule has 2 aromatic rings. The number of hydrogen-bond acceptors (Lipinski definition) is 4. The zero-order valence-electron chi connectivity index (χ0n) is 12.4. The molecule has 0 spiro atoms. The Morgan fingerprint density at radius 2 is 2.00 bits per heavy atom. The fourth-order valence-corrected chi connectivity index (χ4v) is 2.11. The van der Waals surface area contributed by atoms with Crippen molar-refractivity contribution >= 4 is 23.0 Å². The molecule has 0 aliphatic carbocycles. The normalized spacial score (nSPS) is 10.1. The number of benzene rings is 2. The summed E-state index contributed by atoms with van der Waals surface area (Å²) in [7, 11) is 1.60. The van der Waals surface area contributed by atoms with Crippen molar-refractivity contribution in [3.05, 3.63) is 63.7 Å². The molecule has 2 aromatic carbocycles. The number of carbonyl (C=O) groups is 1. The van der Waals surface area contributed by atoms with E-state index in [0.29, 0.717) is 11.4 Å². The van der Waals surface area contributed by atoms with Crippen LogP contribution in [0.3, 0.4) is 0 Å². The van der Waals surface area contributed by atoms with Crippen LogP contribution in [0.5, 0.6) is 0 Å². The van der Waals surface area contributed by atoms with Crippen LogP contribution in [0.25, 0.3) is 0 Å². The lowest BCUT2D eigenvalue weighted by Gasteiger charge is -2.08. The SMILES string of the molecule is CCc1cccc(NC(=O)c2ccc(NC)c([N+](=O)[O-])c2)c1. The molecule has 0 bridgehead atoms. The number of nitrogens with zero attached hydrogens (tertiary/aromatic N) is 1. The minimum atomic E-state index is -0.514. The van der Waals surface area contributed by atoms with E-state index in [9.17, 15) is 14.9 Å². The molecule has 0 heterocycles. The van der Waals surface area contributed by atoms with E-state index in [4.69, 9.17) is 0 Å². The van der Waals surface area contributed by atoms with Gasteiger partial charge in [-0.15, -0.1) is 0 Å². The Labute approximate surface area is 128 Å². The molecule has 2 N–H and O–H groups in total. The van der Waals surface area contributed by atoms with Crippen molar-refractivity contribution in [1.82, 2.24) is 0 Å². The van der Waals surface area contributed by atoms with Crippen LogP contribution in [-0.4, -0.2) is 17.9 Å². The lowest BCUT2D eigenvalue weighted by molar-refractivity contribution is -0.384. The maximum Gasteiger partial charge on any atom is 0.293 e. The van der Waals surface area contributed by atoms with E-state index < -0.39 is 4.92 Å². The molecule has 0 unspecified atom stereocenters. The standard InChI is InChI=1S/C16H17N3O3/c1-3-11-5-4-6-13(9-11)18-16(20)12-7-8-14(17-2)15(10-12)19(21)22/h4-10,17H,3H2,1-2H3,(H,18,20). The van der Waals surface area contributed by atoms with E-state index in [2.05, 4.69) is 10.6 Å². The van der Waals surface area contributed by atoms with Gasteiger partial charge >= 0.3 is 0 Å². The first-order valence-electron chi connectivity index (χ1n) is 6.91. The second-order valence-corrected chi connectivity index (χ2v) is 4.75. The summed E-state index contributed by atoms with van der Waals surface area (Å²) in [6, 6.07) is 11.9. The van der Waals surface area contributed by atoms with Crippen LogP contribution in [-0.2, 0) is 6.42 Å². The summed E-state index contributed by atoms with van der Waals surface area (Å²) in [5, 5.41) is 16.5. The van der Waals surface area contributed by atoms with Gasteiger partial charge in [0, 0.05) is 24.4 Å². The molecule has 0 aliphatic heterocycles. The maximum absolute atomic E-state index is 12.2. The fourth-order valence-electron chi connectivity index (χ4n) is 2.11. The number of nitro groups is 1. The Balaban J connectivity index is 2.25. The van der Waals surface area contributed by atoms with Crippen molar-refractivity contribution in [3.63, 3.8) is 0 Å². The second kappa shape index (κ2) is 6.71. The largest absolute Gasteiger partial charge is 0.383 e. The third-order valence-electron chi connectivity index (χ3n) is 3.32. The summed E-state index contributed by atoms with van der Waals surface area (Å²) < 4.78 is 0. The summed E-state index contributed by atoms with van der Waals surface area (Å²) >= 11 is 0. The highest BCUT2D eigenvalue weighted by Gasteiger charge is 2.16. The highest BCUT2D eigenvalue weighted by molar-refractivity contribution is 6.05. The van der Waals surface area contributed by atoms with Gasteiger partial charge in [-0.1, -0.05) is 19.1 Å². The molecule has 1 amide bonds. The van der Waals surface area contributed by atoms with Gasteiger partial charge in [-0.05, 0) is 36.2 Å². The van der Waals surface area contributed by atoms with Crippen LogP contribution in [0.1, 0.15) is 22.8 Å². The Kier molecular flexibility index (Phi) is 4.73. The molecule has 0 aliphatic rings. The molecule has 0 radical (unpaired) electrons. The Hall–Kier alpha value is -2.89. The summed E-state index contributed by atoms with van der Waals surface area (Å²) in [5.41, 5.74) is 2.26. The van der Waals surface area contributed by atoms with Gasteiger partial charge in [0.2, 0.25) is 0 Å². The van der Waals surface area contributed by atoms with Gasteiger partial charge in [-0.3, -0.25) is 14.9 Å². The van der Waals surface area contributed by atoms with E-state index in [1.165, 1.54) is 12.1 Å². The smallest absolute Gasteiger partial charge is 0.293 e. The molecule has 0 aromatic heterocycles. The first-order valence-corrected chi connectivity index (χ1v) is 6.91. The number of rotatable bonds is 5. The Morgan fingerprint density at radius 3 is 2.64 bits per heavy atom. The third kappa shape index (κ3) is 3.41. The van der Waals surface area contributed by atoms with Crippen LogP contribution in [0.4, 0.5) is 17.1 Å². The Bertz CT molecular complexity index is 714. The van der Waals surface area contributed by atoms with Crippen LogP contribution in [0.2, 0.25) is 0 Å². The van der Waals surface area contributed by atoms with E-state index in [1.54, 1.807) is 19.2 Å². The quantitative estimate of drug-likeness (QED) is 0.654. The monoisotopic (exact) mass is 299 g/mol. The first kappa shape index (κ1) is 15.5. The van der Waals surface area contributed by atoms with E-state index >= 15 is 0 Å². The van der Waals surface area contributed by atoms with Gasteiger partial charge in [-0.2, -0.15) is 0 Å². The molecule has 0 fully saturated rings. The molecule has 2 rings (SSSR count). The van der Waals surface area contributed by atoms with Crippen molar-refractivity contribution < 1.29 is 9.72 Å². The van der Waals surface area contributed by atoms with Crippen molar-refractivity contribution in [2.45, 2.75) is 13.3 Å². The average Bonchev–Trinajstić information content (AvgIpc) is 2.54. The fraction of sp³-hybridized carbons (Fsp3) is 0.188. The van der Waals surface area contributed by atoms with Gasteiger partial charge < -0.3 is 10.6 Å². The number of carbonyl (C=O) groups excluding carboxylic acids is 1. The molecular weight excluding hydrogens is 282 g/mol. The number of hydrogen-bond donors (Lipinski definition) is 2. The van der Waals surface area contributed by atoms with Crippen LogP contribution < -0.4 is 10.6 Å². The molecule has 114 valence electrons. The lowest BCUT2D eigenvalue weighted by atomic mass is 10.1. The highest BCUT2D eigenvalue weighted by atomic mass is 16.6. The molecular formula is C16H17N3O3. The molecule has 0 saturated carbocycles. The molecule has 6 nitrogen and oxygen atoms in total. The number of anilines is 2. The third-order valence-corrected chi connectivity index (χ3v) is 3.32. The minimum absolute atomic E-state index is 0.127. The predicted octanol–water partition coefficient (Wildman–Crippen LogP) is 3.45. The van der Waals surface area contributed by atoms with Crippen molar-refractivity contribution in [2.75, 3.05) is 17.7 Å². The number of nitrogens with one attached hydrogen (secondary N) is 2. The van der Waals surface area contributed by atoms with Crippen molar-refractivity contribution in [1.29, 1.82) is 0 Å². The molecule has 6 heteroatoms. The predicted molar refractivity (Wildman–Crippen MR) is 86.4 cm³/mol. The zero-order valence-corrected chi connectivity index (χ0v) is 12.4. The maximum atomic E-state index is 12.2. The Morgan fingerprint density at radius 1 is 1.23 bits per heavy atom. The summed E-state index contributed by atoms with van der Waals surface area (Å²) in [5.74, 6) is -0.376. The van der Waals surface area contributed by atoms with Gasteiger partial charge in [-0.25, -0.2) is 0 Å². The number of aryl methyl sites for hydroxylation is 1. The van der Waals surface area contributed by atoms with E-state index in [0.717, 1.165) is 12.0 Å². The number of nitro benzene ring substituents is 1. The van der Waals surface area contributed by atoms with Gasteiger partial charge in [0.05, 0.1) is 4.92 Å². The number of amides is 1.